The maximum atomic E-state index is 13.6. The van der Waals surface area contributed by atoms with Crippen LogP contribution in [-0.4, -0.2) is 89.7 Å². The monoisotopic (exact) mass is 743 g/mol. The van der Waals surface area contributed by atoms with E-state index < -0.39 is 0 Å². The van der Waals surface area contributed by atoms with Gasteiger partial charge < -0.3 is 20.0 Å². The van der Waals surface area contributed by atoms with Crippen LogP contribution in [0, 0.1) is 5.41 Å². The van der Waals surface area contributed by atoms with Crippen LogP contribution in [-0.2, 0) is 16.6 Å². The lowest BCUT2D eigenvalue weighted by Gasteiger charge is -2.47. The summed E-state index contributed by atoms with van der Waals surface area (Å²) in [4.78, 5) is 56.5. The van der Waals surface area contributed by atoms with E-state index in [4.69, 9.17) is 0 Å². The number of benzene rings is 2. The Bertz CT molecular complexity index is 1790. The molecule has 2 aromatic carbocycles. The zero-order valence-corrected chi connectivity index (χ0v) is 30.5. The van der Waals surface area contributed by atoms with Crippen LogP contribution < -0.4 is 21.1 Å². The number of nitrogens with zero attached hydrogens (tertiary/aromatic N) is 5. The van der Waals surface area contributed by atoms with Gasteiger partial charge in [0, 0.05) is 70.0 Å². The molecule has 0 radical (unpaired) electrons. The Morgan fingerprint density at radius 1 is 0.900 bits per heavy atom. The SMILES string of the molecule is CN1CC(Nc2cnn(C)c(=O)c2Br)CC(c2ccc(C(=O)N3CCC4(CC3)CCN(c3ccc(C5CCC(=O)NC5=O)cc3)CC4)cc2)C1. The summed E-state index contributed by atoms with van der Waals surface area (Å²) >= 11 is 3.43. The lowest BCUT2D eigenvalue weighted by molar-refractivity contribution is -0.134. The maximum absolute atomic E-state index is 13.6. The van der Waals surface area contributed by atoms with Crippen molar-refractivity contribution in [2.75, 3.05) is 56.5 Å². The predicted octanol–water partition coefficient (Wildman–Crippen LogP) is 4.49. The second kappa shape index (κ2) is 14.3. The third-order valence-electron chi connectivity index (χ3n) is 11.5. The molecule has 3 aromatic rings. The number of carbonyl (C=O) groups is 3. The minimum absolute atomic E-state index is 0.114. The van der Waals surface area contributed by atoms with Gasteiger partial charge in [0.15, 0.2) is 0 Å². The molecule has 0 bridgehead atoms. The first-order valence-electron chi connectivity index (χ1n) is 17.8. The normalized spacial score (nSPS) is 24.3. The molecule has 3 atom stereocenters. The molecule has 1 spiro atoms. The molecule has 4 fully saturated rings. The van der Waals surface area contributed by atoms with Gasteiger partial charge in [-0.2, -0.15) is 5.10 Å². The molecule has 12 heteroatoms. The molecule has 3 amide bonds. The summed E-state index contributed by atoms with van der Waals surface area (Å²) in [5, 5.41) is 10.1. The lowest BCUT2D eigenvalue weighted by Crippen LogP contribution is -2.48. The van der Waals surface area contributed by atoms with Crippen molar-refractivity contribution in [1.29, 1.82) is 0 Å². The average Bonchev–Trinajstić information content (AvgIpc) is 3.12. The first-order chi connectivity index (χ1) is 24.1. The molecular weight excluding hydrogens is 698 g/mol. The number of aryl methyl sites for hydroxylation is 1. The van der Waals surface area contributed by atoms with Crippen molar-refractivity contribution >= 4 is 45.0 Å². The predicted molar refractivity (Wildman–Crippen MR) is 196 cm³/mol. The van der Waals surface area contributed by atoms with E-state index >= 15 is 0 Å². The molecule has 7 rings (SSSR count). The second-order valence-corrected chi connectivity index (χ2v) is 15.6. The van der Waals surface area contributed by atoms with E-state index in [0.717, 1.165) is 82.5 Å². The second-order valence-electron chi connectivity index (χ2n) is 14.8. The smallest absolute Gasteiger partial charge is 0.282 e. The molecule has 0 saturated carbocycles. The van der Waals surface area contributed by atoms with Crippen molar-refractivity contribution in [3.05, 3.63) is 86.2 Å². The molecular formula is C38H46BrN7O4. The van der Waals surface area contributed by atoms with Gasteiger partial charge in [-0.1, -0.05) is 24.3 Å². The molecule has 3 unspecified atom stereocenters. The number of hydrogen-bond donors (Lipinski definition) is 2. The number of halogens is 1. The highest BCUT2D eigenvalue weighted by atomic mass is 79.9. The van der Waals surface area contributed by atoms with Crippen molar-refractivity contribution in [3.8, 4) is 0 Å². The quantitative estimate of drug-likeness (QED) is 0.355. The van der Waals surface area contributed by atoms with Crippen LogP contribution in [0.2, 0.25) is 0 Å². The van der Waals surface area contributed by atoms with Crippen LogP contribution in [0.25, 0.3) is 0 Å². The molecule has 50 heavy (non-hydrogen) atoms. The molecule has 4 aliphatic heterocycles. The van der Waals surface area contributed by atoms with Crippen LogP contribution >= 0.6 is 15.9 Å². The van der Waals surface area contributed by atoms with E-state index in [1.54, 1.807) is 13.2 Å². The summed E-state index contributed by atoms with van der Waals surface area (Å²) in [5.74, 6) is -0.223. The summed E-state index contributed by atoms with van der Waals surface area (Å²) in [5.41, 5.74) is 4.92. The van der Waals surface area contributed by atoms with Crippen LogP contribution in [0.5, 0.6) is 0 Å². The molecule has 0 aliphatic carbocycles. The third-order valence-corrected chi connectivity index (χ3v) is 12.3. The summed E-state index contributed by atoms with van der Waals surface area (Å²) in [6.07, 6.45) is 7.83. The Kier molecular flexibility index (Phi) is 9.85. The molecule has 264 valence electrons. The topological polar surface area (TPSA) is 120 Å². The highest BCUT2D eigenvalue weighted by Crippen LogP contribution is 2.42. The summed E-state index contributed by atoms with van der Waals surface area (Å²) < 4.78 is 1.81. The molecule has 11 nitrogen and oxygen atoms in total. The minimum atomic E-state index is -0.257. The fourth-order valence-electron chi connectivity index (χ4n) is 8.43. The van der Waals surface area contributed by atoms with Gasteiger partial charge in [-0.15, -0.1) is 0 Å². The van der Waals surface area contributed by atoms with E-state index in [-0.39, 0.29) is 40.7 Å². The number of imide groups is 1. The van der Waals surface area contributed by atoms with Crippen molar-refractivity contribution < 1.29 is 14.4 Å². The highest BCUT2D eigenvalue weighted by Gasteiger charge is 2.39. The first-order valence-corrected chi connectivity index (χ1v) is 18.6. The maximum Gasteiger partial charge on any atom is 0.282 e. The Labute approximate surface area is 301 Å². The highest BCUT2D eigenvalue weighted by molar-refractivity contribution is 9.10. The van der Waals surface area contributed by atoms with Gasteiger partial charge in [0.05, 0.1) is 17.8 Å². The Hall–Kier alpha value is -4.03. The first kappa shape index (κ1) is 34.4. The number of likely N-dealkylation sites (N-methyl/N-ethyl adjacent to an activating group) is 1. The average molecular weight is 745 g/mol. The van der Waals surface area contributed by atoms with Gasteiger partial charge in [0.2, 0.25) is 11.8 Å². The fourth-order valence-corrected chi connectivity index (χ4v) is 8.90. The van der Waals surface area contributed by atoms with Crippen molar-refractivity contribution in [2.45, 2.75) is 62.8 Å². The van der Waals surface area contributed by atoms with Crippen LogP contribution in [0.4, 0.5) is 11.4 Å². The largest absolute Gasteiger partial charge is 0.379 e. The van der Waals surface area contributed by atoms with E-state index in [2.05, 4.69) is 72.8 Å². The van der Waals surface area contributed by atoms with Crippen molar-refractivity contribution in [3.63, 3.8) is 0 Å². The standard InChI is InChI=1S/C38H46BrN7O4/c1-43-23-28(21-29(24-43)41-32-22-40-44(2)37(50)34(32)39)25-3-5-27(6-4-25)36(49)46-19-15-38(16-20-46)13-17-45(18-14-38)30-9-7-26(8-10-30)31-11-12-33(47)42-35(31)48/h3-10,22,28-29,31,41H,11-21,23-24H2,1-2H3,(H,42,47,48). The van der Waals surface area contributed by atoms with Gasteiger partial charge in [0.25, 0.3) is 11.5 Å². The van der Waals surface area contributed by atoms with E-state index in [1.807, 2.05) is 29.2 Å². The number of piperidine rings is 4. The molecule has 4 saturated heterocycles. The lowest BCUT2D eigenvalue weighted by atomic mass is 9.71. The van der Waals surface area contributed by atoms with E-state index in [1.165, 1.54) is 15.9 Å². The number of carbonyl (C=O) groups excluding carboxylic acids is 3. The number of anilines is 2. The van der Waals surface area contributed by atoms with Gasteiger partial charge in [-0.3, -0.25) is 24.5 Å². The van der Waals surface area contributed by atoms with E-state index in [9.17, 15) is 19.2 Å². The van der Waals surface area contributed by atoms with Crippen molar-refractivity contribution in [1.82, 2.24) is 24.9 Å². The molecule has 1 aromatic heterocycles. The van der Waals surface area contributed by atoms with Gasteiger partial charge in [-0.25, -0.2) is 4.68 Å². The minimum Gasteiger partial charge on any atom is -0.379 e. The molecule has 4 aliphatic rings. The van der Waals surface area contributed by atoms with Crippen LogP contribution in [0.3, 0.4) is 0 Å². The third kappa shape index (κ3) is 7.23. The van der Waals surface area contributed by atoms with Crippen LogP contribution in [0.1, 0.15) is 78.3 Å². The summed E-state index contributed by atoms with van der Waals surface area (Å²) in [7, 11) is 3.75. The number of likely N-dealkylation sites (tertiary alicyclic amines) is 2. The number of aromatic nitrogens is 2. The molecule has 2 N–H and O–H groups in total. The zero-order valence-electron chi connectivity index (χ0n) is 28.9. The van der Waals surface area contributed by atoms with Gasteiger partial charge in [0.1, 0.15) is 4.47 Å². The Balaban J connectivity index is 0.901. The van der Waals surface area contributed by atoms with Crippen molar-refractivity contribution in [2.24, 2.45) is 12.5 Å². The fraction of sp³-hybridized carbons (Fsp3) is 0.500. The van der Waals surface area contributed by atoms with Gasteiger partial charge >= 0.3 is 0 Å². The van der Waals surface area contributed by atoms with E-state index in [0.29, 0.717) is 28.9 Å². The number of nitrogens with one attached hydrogen (secondary N) is 2. The number of hydrogen-bond acceptors (Lipinski definition) is 8. The molecule has 5 heterocycles. The Morgan fingerprint density at radius 2 is 1.56 bits per heavy atom. The summed E-state index contributed by atoms with van der Waals surface area (Å²) in [6, 6.07) is 16.6. The number of amides is 3. The number of rotatable bonds is 6. The summed E-state index contributed by atoms with van der Waals surface area (Å²) in [6.45, 7) is 5.34. The van der Waals surface area contributed by atoms with Gasteiger partial charge in [-0.05, 0) is 108 Å². The zero-order chi connectivity index (χ0) is 35.0. The van der Waals surface area contributed by atoms with Crippen LogP contribution in [0.15, 0.2) is 64.0 Å². The Morgan fingerprint density at radius 3 is 2.24 bits per heavy atom.